The van der Waals surface area contributed by atoms with Crippen LogP contribution in [0.5, 0.6) is 5.75 Å². The molecule has 0 aliphatic rings. The molecule has 0 saturated heterocycles. The molecule has 0 amide bonds. The van der Waals surface area contributed by atoms with E-state index in [0.717, 1.165) is 12.1 Å². The molecule has 0 saturated carbocycles. The van der Waals surface area contributed by atoms with E-state index in [0.29, 0.717) is 22.9 Å². The highest BCUT2D eigenvalue weighted by atomic mass is 35.5. The quantitative estimate of drug-likeness (QED) is 0.850. The Balaban J connectivity index is 2.10. The van der Waals surface area contributed by atoms with Crippen molar-refractivity contribution >= 4 is 11.6 Å². The van der Waals surface area contributed by atoms with Crippen molar-refractivity contribution in [2.75, 3.05) is 0 Å². The first kappa shape index (κ1) is 12.5. The van der Waals surface area contributed by atoms with Crippen LogP contribution in [0.4, 0.5) is 0 Å². The molecule has 0 aliphatic heterocycles. The summed E-state index contributed by atoms with van der Waals surface area (Å²) in [5, 5.41) is 13.7. The monoisotopic (exact) mass is 261 g/mol. The molecule has 0 spiro atoms. The third-order valence-electron chi connectivity index (χ3n) is 2.47. The molecule has 4 nitrogen and oxygen atoms in total. The summed E-state index contributed by atoms with van der Waals surface area (Å²) >= 11 is 5.88. The number of hydrogen-bond acceptors (Lipinski definition) is 3. The molecule has 1 aromatic heterocycles. The highest BCUT2D eigenvalue weighted by Crippen LogP contribution is 2.23. The van der Waals surface area contributed by atoms with Crippen LogP contribution in [0.25, 0.3) is 0 Å². The Morgan fingerprint density at radius 1 is 1.50 bits per heavy atom. The summed E-state index contributed by atoms with van der Waals surface area (Å²) in [5.74, 6) is 0.495. The molecule has 1 aromatic carbocycles. The molecular formula is C13H12ClN3O. The highest BCUT2D eigenvalue weighted by molar-refractivity contribution is 6.30. The second kappa shape index (κ2) is 5.56. The van der Waals surface area contributed by atoms with E-state index in [9.17, 15) is 0 Å². The molecule has 0 unspecified atom stereocenters. The van der Waals surface area contributed by atoms with Gasteiger partial charge in [0.1, 0.15) is 18.4 Å². The van der Waals surface area contributed by atoms with Crippen molar-refractivity contribution in [2.24, 2.45) is 0 Å². The highest BCUT2D eigenvalue weighted by Gasteiger charge is 2.05. The van der Waals surface area contributed by atoms with Gasteiger partial charge < -0.3 is 4.74 Å². The summed E-state index contributed by atoms with van der Waals surface area (Å²) in [6.07, 6.45) is 3.66. The Hall–Kier alpha value is -1.99. The standard InChI is InChI=1S/C13H12ClN3O/c1-2-17-8-10(7-16-17)9-18-13-5-12(14)4-3-11(13)6-15/h3-5,7-8H,2,9H2,1H3. The lowest BCUT2D eigenvalue weighted by molar-refractivity contribution is 0.305. The van der Waals surface area contributed by atoms with Gasteiger partial charge in [0.05, 0.1) is 11.8 Å². The van der Waals surface area contributed by atoms with Gasteiger partial charge in [0, 0.05) is 29.4 Å². The van der Waals surface area contributed by atoms with E-state index >= 15 is 0 Å². The minimum atomic E-state index is 0.370. The lowest BCUT2D eigenvalue weighted by Crippen LogP contribution is -1.97. The maximum atomic E-state index is 8.96. The maximum Gasteiger partial charge on any atom is 0.139 e. The number of nitrogens with zero attached hydrogens (tertiary/aromatic N) is 3. The smallest absolute Gasteiger partial charge is 0.139 e. The first-order valence-corrected chi connectivity index (χ1v) is 5.94. The Kier molecular flexibility index (Phi) is 3.85. The molecule has 2 rings (SSSR count). The summed E-state index contributed by atoms with van der Waals surface area (Å²) in [4.78, 5) is 0. The largest absolute Gasteiger partial charge is 0.487 e. The molecule has 0 bridgehead atoms. The predicted molar refractivity (Wildman–Crippen MR) is 68.4 cm³/mol. The van der Waals surface area contributed by atoms with Gasteiger partial charge >= 0.3 is 0 Å². The fraction of sp³-hybridized carbons (Fsp3) is 0.231. The van der Waals surface area contributed by atoms with E-state index in [2.05, 4.69) is 11.2 Å². The van der Waals surface area contributed by atoms with E-state index < -0.39 is 0 Å². The Labute approximate surface area is 110 Å². The molecule has 2 aromatic rings. The van der Waals surface area contributed by atoms with Crippen LogP contribution in [0.3, 0.4) is 0 Å². The Bertz CT molecular complexity index is 586. The van der Waals surface area contributed by atoms with Gasteiger partial charge in [-0.25, -0.2) is 0 Å². The minimum absolute atomic E-state index is 0.370. The average molecular weight is 262 g/mol. The Morgan fingerprint density at radius 2 is 2.33 bits per heavy atom. The second-order valence-electron chi connectivity index (χ2n) is 3.75. The number of rotatable bonds is 4. The van der Waals surface area contributed by atoms with Gasteiger partial charge in [0.2, 0.25) is 0 Å². The van der Waals surface area contributed by atoms with Crippen LogP contribution < -0.4 is 4.74 Å². The molecule has 5 heteroatoms. The van der Waals surface area contributed by atoms with E-state index in [1.54, 1.807) is 24.4 Å². The molecule has 0 N–H and O–H groups in total. The first-order valence-electron chi connectivity index (χ1n) is 5.56. The van der Waals surface area contributed by atoms with Gasteiger partial charge in [0.25, 0.3) is 0 Å². The molecule has 1 heterocycles. The second-order valence-corrected chi connectivity index (χ2v) is 4.18. The van der Waals surface area contributed by atoms with Gasteiger partial charge in [0.15, 0.2) is 0 Å². The summed E-state index contributed by atoms with van der Waals surface area (Å²) < 4.78 is 7.41. The van der Waals surface area contributed by atoms with E-state index in [4.69, 9.17) is 21.6 Å². The van der Waals surface area contributed by atoms with Crippen LogP contribution in [-0.2, 0) is 13.2 Å². The molecule has 92 valence electrons. The van der Waals surface area contributed by atoms with Crippen molar-refractivity contribution in [2.45, 2.75) is 20.1 Å². The lowest BCUT2D eigenvalue weighted by atomic mass is 10.2. The van der Waals surface area contributed by atoms with Crippen molar-refractivity contribution in [3.05, 3.63) is 46.7 Å². The zero-order chi connectivity index (χ0) is 13.0. The van der Waals surface area contributed by atoms with E-state index in [-0.39, 0.29) is 0 Å². The third-order valence-corrected chi connectivity index (χ3v) is 2.70. The summed E-state index contributed by atoms with van der Waals surface area (Å²) in [6.45, 7) is 3.21. The third kappa shape index (κ3) is 2.82. The predicted octanol–water partition coefficient (Wildman–Crippen LogP) is 3.01. The first-order chi connectivity index (χ1) is 8.72. The van der Waals surface area contributed by atoms with Gasteiger partial charge in [-0.1, -0.05) is 11.6 Å². The van der Waals surface area contributed by atoms with Gasteiger partial charge in [-0.3, -0.25) is 4.68 Å². The van der Waals surface area contributed by atoms with E-state index in [1.807, 2.05) is 17.8 Å². The SMILES string of the molecule is CCn1cc(COc2cc(Cl)ccc2C#N)cn1. The number of hydrogen-bond donors (Lipinski definition) is 0. The van der Waals surface area contributed by atoms with Crippen molar-refractivity contribution in [1.29, 1.82) is 5.26 Å². The van der Waals surface area contributed by atoms with Gasteiger partial charge in [-0.2, -0.15) is 10.4 Å². The van der Waals surface area contributed by atoms with E-state index in [1.165, 1.54) is 0 Å². The number of nitriles is 1. The van der Waals surface area contributed by atoms with Gasteiger partial charge in [-0.15, -0.1) is 0 Å². The van der Waals surface area contributed by atoms with Crippen LogP contribution in [0.1, 0.15) is 18.1 Å². The lowest BCUT2D eigenvalue weighted by Gasteiger charge is -2.06. The maximum absolute atomic E-state index is 8.96. The van der Waals surface area contributed by atoms with Crippen molar-refractivity contribution in [3.63, 3.8) is 0 Å². The van der Waals surface area contributed by atoms with Crippen LogP contribution in [0, 0.1) is 11.3 Å². The molecule has 0 fully saturated rings. The Morgan fingerprint density at radius 3 is 3.00 bits per heavy atom. The topological polar surface area (TPSA) is 50.8 Å². The zero-order valence-corrected chi connectivity index (χ0v) is 10.7. The van der Waals surface area contributed by atoms with Gasteiger partial charge in [-0.05, 0) is 19.1 Å². The van der Waals surface area contributed by atoms with Crippen molar-refractivity contribution < 1.29 is 4.74 Å². The van der Waals surface area contributed by atoms with Crippen LogP contribution in [0.2, 0.25) is 5.02 Å². The molecule has 0 aliphatic carbocycles. The van der Waals surface area contributed by atoms with Crippen LogP contribution in [-0.4, -0.2) is 9.78 Å². The van der Waals surface area contributed by atoms with Crippen LogP contribution >= 0.6 is 11.6 Å². The van der Waals surface area contributed by atoms with Crippen molar-refractivity contribution in [3.8, 4) is 11.8 Å². The molecular weight excluding hydrogens is 250 g/mol. The minimum Gasteiger partial charge on any atom is -0.487 e. The van der Waals surface area contributed by atoms with Crippen LogP contribution in [0.15, 0.2) is 30.6 Å². The molecule has 0 atom stereocenters. The summed E-state index contributed by atoms with van der Waals surface area (Å²) in [6, 6.07) is 7.03. The molecule has 0 radical (unpaired) electrons. The van der Waals surface area contributed by atoms with Crippen molar-refractivity contribution in [1.82, 2.24) is 9.78 Å². The summed E-state index contributed by atoms with van der Waals surface area (Å²) in [5.41, 5.74) is 1.43. The normalized spacial score (nSPS) is 10.1. The number of aryl methyl sites for hydroxylation is 1. The fourth-order valence-electron chi connectivity index (χ4n) is 1.52. The molecule has 18 heavy (non-hydrogen) atoms. The number of ether oxygens (including phenoxy) is 1. The average Bonchev–Trinajstić information content (AvgIpc) is 2.84. The number of halogens is 1. The zero-order valence-electron chi connectivity index (χ0n) is 9.93. The number of aromatic nitrogens is 2. The number of benzene rings is 1. The summed E-state index contributed by atoms with van der Waals surface area (Å²) in [7, 11) is 0. The fourth-order valence-corrected chi connectivity index (χ4v) is 1.69.